The highest BCUT2D eigenvalue weighted by molar-refractivity contribution is 6.34. The average molecular weight is 217 g/mol. The summed E-state index contributed by atoms with van der Waals surface area (Å²) in [7, 11) is 0. The first-order chi connectivity index (χ1) is 6.52. The smallest absolute Gasteiger partial charge is 0.319 e. The van der Waals surface area contributed by atoms with Gasteiger partial charge in [-0.1, -0.05) is 17.7 Å². The number of imide groups is 1. The fourth-order valence-corrected chi connectivity index (χ4v) is 1.07. The summed E-state index contributed by atoms with van der Waals surface area (Å²) in [6, 6.07) is 2.67. The van der Waals surface area contributed by atoms with Gasteiger partial charge in [0.1, 0.15) is 5.82 Å². The molecule has 0 aliphatic rings. The number of amides is 3. The quantitative estimate of drug-likeness (QED) is 0.743. The third-order valence-corrected chi connectivity index (χ3v) is 1.82. The van der Waals surface area contributed by atoms with E-state index in [4.69, 9.17) is 17.3 Å². The van der Waals surface area contributed by atoms with Gasteiger partial charge in [-0.3, -0.25) is 10.1 Å². The minimum atomic E-state index is -1.02. The Morgan fingerprint density at radius 3 is 2.64 bits per heavy atom. The van der Waals surface area contributed by atoms with Crippen molar-refractivity contribution >= 4 is 23.5 Å². The minimum absolute atomic E-state index is 0.134. The Labute approximate surface area is 83.8 Å². The van der Waals surface area contributed by atoms with Crippen LogP contribution in [-0.4, -0.2) is 11.9 Å². The van der Waals surface area contributed by atoms with E-state index in [9.17, 15) is 14.0 Å². The van der Waals surface area contributed by atoms with Gasteiger partial charge in [0.05, 0.1) is 10.6 Å². The molecular formula is C8H6ClFN2O2. The van der Waals surface area contributed by atoms with Crippen LogP contribution in [0, 0.1) is 5.82 Å². The number of halogens is 2. The number of hydrogen-bond donors (Lipinski definition) is 2. The monoisotopic (exact) mass is 216 g/mol. The molecule has 6 heteroatoms. The summed E-state index contributed by atoms with van der Waals surface area (Å²) in [4.78, 5) is 21.5. The van der Waals surface area contributed by atoms with Gasteiger partial charge in [0, 0.05) is 0 Å². The Kier molecular flexibility index (Phi) is 3.03. The van der Waals surface area contributed by atoms with Crippen LogP contribution in [0.5, 0.6) is 0 Å². The van der Waals surface area contributed by atoms with Crippen molar-refractivity contribution in [1.82, 2.24) is 5.32 Å². The predicted octanol–water partition coefficient (Wildman–Crippen LogP) is 1.29. The van der Waals surface area contributed by atoms with Gasteiger partial charge in [-0.2, -0.15) is 0 Å². The van der Waals surface area contributed by atoms with Crippen LogP contribution in [-0.2, 0) is 0 Å². The first-order valence-electron chi connectivity index (χ1n) is 3.57. The van der Waals surface area contributed by atoms with Crippen LogP contribution in [0.15, 0.2) is 18.2 Å². The third kappa shape index (κ3) is 2.20. The fourth-order valence-electron chi connectivity index (χ4n) is 0.858. The van der Waals surface area contributed by atoms with Gasteiger partial charge < -0.3 is 5.73 Å². The molecule has 0 aliphatic heterocycles. The number of urea groups is 1. The molecule has 74 valence electrons. The Morgan fingerprint density at radius 2 is 2.07 bits per heavy atom. The van der Waals surface area contributed by atoms with Crippen molar-refractivity contribution in [3.05, 3.63) is 34.6 Å². The number of benzene rings is 1. The maximum atomic E-state index is 12.8. The molecule has 0 aliphatic carbocycles. The van der Waals surface area contributed by atoms with E-state index in [-0.39, 0.29) is 10.6 Å². The number of hydrogen-bond acceptors (Lipinski definition) is 2. The van der Waals surface area contributed by atoms with Crippen molar-refractivity contribution in [2.45, 2.75) is 0 Å². The molecule has 14 heavy (non-hydrogen) atoms. The summed E-state index contributed by atoms with van der Waals surface area (Å²) in [5.41, 5.74) is 4.58. The summed E-state index contributed by atoms with van der Waals surface area (Å²) in [5, 5.41) is 1.43. The van der Waals surface area contributed by atoms with Gasteiger partial charge in [-0.25, -0.2) is 9.18 Å². The van der Waals surface area contributed by atoms with Crippen LogP contribution < -0.4 is 11.1 Å². The number of nitrogens with one attached hydrogen (secondary N) is 1. The Hall–Kier alpha value is -1.62. The van der Waals surface area contributed by atoms with E-state index < -0.39 is 17.8 Å². The average Bonchev–Trinajstić information content (AvgIpc) is 2.08. The van der Waals surface area contributed by atoms with Gasteiger partial charge in [-0.05, 0) is 12.1 Å². The Bertz CT molecular complexity index is 395. The molecule has 0 radical (unpaired) electrons. The van der Waals surface area contributed by atoms with Crippen molar-refractivity contribution in [3.63, 3.8) is 0 Å². The van der Waals surface area contributed by atoms with Crippen molar-refractivity contribution in [3.8, 4) is 0 Å². The lowest BCUT2D eigenvalue weighted by Gasteiger charge is -2.03. The molecule has 3 amide bonds. The zero-order chi connectivity index (χ0) is 10.7. The Balaban J connectivity index is 3.01. The van der Waals surface area contributed by atoms with Gasteiger partial charge in [0.25, 0.3) is 5.91 Å². The molecule has 0 fully saturated rings. The van der Waals surface area contributed by atoms with Crippen LogP contribution in [0.25, 0.3) is 0 Å². The van der Waals surface area contributed by atoms with Crippen LogP contribution in [0.4, 0.5) is 9.18 Å². The van der Waals surface area contributed by atoms with Crippen LogP contribution in [0.2, 0.25) is 5.02 Å². The molecule has 0 bridgehead atoms. The molecule has 0 saturated heterocycles. The number of nitrogens with two attached hydrogens (primary N) is 1. The summed E-state index contributed by atoms with van der Waals surface area (Å²) < 4.78 is 12.8. The van der Waals surface area contributed by atoms with Crippen LogP contribution >= 0.6 is 11.6 Å². The highest BCUT2D eigenvalue weighted by Gasteiger charge is 2.14. The Morgan fingerprint density at radius 1 is 1.43 bits per heavy atom. The highest BCUT2D eigenvalue weighted by Crippen LogP contribution is 2.19. The van der Waals surface area contributed by atoms with Gasteiger partial charge in [0.15, 0.2) is 0 Å². The highest BCUT2D eigenvalue weighted by atomic mass is 35.5. The number of primary amides is 1. The number of carbonyl (C=O) groups is 2. The zero-order valence-corrected chi connectivity index (χ0v) is 7.64. The van der Waals surface area contributed by atoms with E-state index in [1.807, 2.05) is 0 Å². The standard InChI is InChI=1S/C8H6ClFN2O2/c9-6-4(2-1-3-5(6)10)7(13)12-8(11)14/h1-3H,(H3,11,12,13,14). The second-order valence-corrected chi connectivity index (χ2v) is 2.80. The molecule has 0 heterocycles. The van der Waals surface area contributed by atoms with E-state index in [0.29, 0.717) is 0 Å². The molecule has 1 aromatic carbocycles. The summed E-state index contributed by atoms with van der Waals surface area (Å²) in [6.07, 6.45) is 0. The first kappa shape index (κ1) is 10.5. The van der Waals surface area contributed by atoms with Crippen molar-refractivity contribution in [2.75, 3.05) is 0 Å². The summed E-state index contributed by atoms with van der Waals surface area (Å²) in [6.45, 7) is 0. The van der Waals surface area contributed by atoms with Gasteiger partial charge in [-0.15, -0.1) is 0 Å². The second-order valence-electron chi connectivity index (χ2n) is 2.42. The largest absolute Gasteiger partial charge is 0.351 e. The molecule has 0 spiro atoms. The first-order valence-corrected chi connectivity index (χ1v) is 3.95. The van der Waals surface area contributed by atoms with E-state index in [0.717, 1.165) is 6.07 Å². The zero-order valence-electron chi connectivity index (χ0n) is 6.88. The molecule has 1 aromatic rings. The van der Waals surface area contributed by atoms with Crippen LogP contribution in [0.3, 0.4) is 0 Å². The molecule has 1 rings (SSSR count). The van der Waals surface area contributed by atoms with Gasteiger partial charge >= 0.3 is 6.03 Å². The molecule has 0 aromatic heterocycles. The molecule has 0 unspecified atom stereocenters. The minimum Gasteiger partial charge on any atom is -0.351 e. The third-order valence-electron chi connectivity index (χ3n) is 1.43. The summed E-state index contributed by atoms with van der Waals surface area (Å²) in [5.74, 6) is -1.56. The molecule has 4 nitrogen and oxygen atoms in total. The summed E-state index contributed by atoms with van der Waals surface area (Å²) >= 11 is 5.48. The fraction of sp³-hybridized carbons (Fsp3) is 0. The molecular weight excluding hydrogens is 211 g/mol. The topological polar surface area (TPSA) is 72.2 Å². The maximum Gasteiger partial charge on any atom is 0.319 e. The number of carbonyl (C=O) groups excluding carboxylic acids is 2. The lowest BCUT2D eigenvalue weighted by Crippen LogP contribution is -2.35. The predicted molar refractivity (Wildman–Crippen MR) is 48.5 cm³/mol. The van der Waals surface area contributed by atoms with Crippen LogP contribution in [0.1, 0.15) is 10.4 Å². The van der Waals surface area contributed by atoms with Gasteiger partial charge in [0.2, 0.25) is 0 Å². The van der Waals surface area contributed by atoms with E-state index >= 15 is 0 Å². The van der Waals surface area contributed by atoms with E-state index in [1.165, 1.54) is 12.1 Å². The normalized spacial score (nSPS) is 9.57. The van der Waals surface area contributed by atoms with Crippen molar-refractivity contribution in [1.29, 1.82) is 0 Å². The molecule has 0 atom stereocenters. The maximum absolute atomic E-state index is 12.8. The molecule has 0 saturated carbocycles. The SMILES string of the molecule is NC(=O)NC(=O)c1cccc(F)c1Cl. The van der Waals surface area contributed by atoms with E-state index in [2.05, 4.69) is 0 Å². The van der Waals surface area contributed by atoms with E-state index in [1.54, 1.807) is 5.32 Å². The van der Waals surface area contributed by atoms with Crippen molar-refractivity contribution < 1.29 is 14.0 Å². The van der Waals surface area contributed by atoms with Crippen molar-refractivity contribution in [2.24, 2.45) is 5.73 Å². The lowest BCUT2D eigenvalue weighted by molar-refractivity contribution is 0.0966. The molecule has 3 N–H and O–H groups in total. The lowest BCUT2D eigenvalue weighted by atomic mass is 10.2. The number of rotatable bonds is 1. The second kappa shape index (κ2) is 4.06.